The monoisotopic (exact) mass is 343 g/mol. The van der Waals surface area contributed by atoms with E-state index < -0.39 is 0 Å². The van der Waals surface area contributed by atoms with E-state index in [1.54, 1.807) is 24.5 Å². The van der Waals surface area contributed by atoms with Gasteiger partial charge in [-0.2, -0.15) is 0 Å². The van der Waals surface area contributed by atoms with Crippen LogP contribution in [0.5, 0.6) is 0 Å². The van der Waals surface area contributed by atoms with Crippen molar-refractivity contribution in [2.24, 2.45) is 0 Å². The van der Waals surface area contributed by atoms with Crippen molar-refractivity contribution in [2.45, 2.75) is 0 Å². The van der Waals surface area contributed by atoms with Crippen molar-refractivity contribution in [2.75, 3.05) is 30.8 Å². The topological polar surface area (TPSA) is 99.2 Å². The molecule has 0 spiro atoms. The van der Waals surface area contributed by atoms with Crippen molar-refractivity contribution in [3.8, 4) is 0 Å². The molecule has 8 heteroatoms. The van der Waals surface area contributed by atoms with Crippen molar-refractivity contribution in [3.63, 3.8) is 0 Å². The first kappa shape index (κ1) is 16.2. The quantitative estimate of drug-likeness (QED) is 0.548. The van der Waals surface area contributed by atoms with Crippen molar-refractivity contribution in [1.29, 1.82) is 0 Å². The number of nitrogens with zero attached hydrogens (tertiary/aromatic N) is 2. The fourth-order valence-corrected chi connectivity index (χ4v) is 2.97. The Morgan fingerprint density at radius 1 is 1.29 bits per heavy atom. The maximum Gasteiger partial charge on any atom is 0.254 e. The first-order valence-corrected chi connectivity index (χ1v) is 8.26. The van der Waals surface area contributed by atoms with Gasteiger partial charge >= 0.3 is 0 Å². The molecule has 0 saturated carbocycles. The Morgan fingerprint density at radius 2 is 2.17 bits per heavy atom. The molecule has 7 nitrogen and oxygen atoms in total. The summed E-state index contributed by atoms with van der Waals surface area (Å²) in [7, 11) is 1.56. The van der Waals surface area contributed by atoms with Crippen LogP contribution in [0.3, 0.4) is 0 Å². The number of hydrogen-bond donors (Lipinski definition) is 4. The Labute approximate surface area is 142 Å². The van der Waals surface area contributed by atoms with Crippen molar-refractivity contribution >= 4 is 44.7 Å². The van der Waals surface area contributed by atoms with Crippen LogP contribution in [0.25, 0.3) is 10.2 Å². The number of rotatable bonds is 6. The zero-order valence-electron chi connectivity index (χ0n) is 13.0. The average molecular weight is 343 g/mol. The number of aromatic nitrogens is 2. The minimum atomic E-state index is -0.236. The van der Waals surface area contributed by atoms with E-state index in [0.29, 0.717) is 23.6 Å². The highest BCUT2D eigenvalue weighted by Gasteiger charge is 2.12. The smallest absolute Gasteiger partial charge is 0.254 e. The lowest BCUT2D eigenvalue weighted by molar-refractivity contribution is 0.0963. The average Bonchev–Trinajstić information content (AvgIpc) is 3.07. The molecule has 0 unspecified atom stereocenters. The molecule has 1 amide bonds. The van der Waals surface area contributed by atoms with Crippen LogP contribution in [0, 0.1) is 0 Å². The number of benzene rings is 1. The molecule has 0 aliphatic carbocycles. The summed E-state index contributed by atoms with van der Waals surface area (Å²) in [5, 5.41) is 17.8. The summed E-state index contributed by atoms with van der Waals surface area (Å²) in [6.07, 6.45) is 1.51. The van der Waals surface area contributed by atoms with Gasteiger partial charge in [-0.1, -0.05) is 0 Å². The molecule has 0 aliphatic rings. The Balaban J connectivity index is 1.88. The van der Waals surface area contributed by atoms with Gasteiger partial charge in [-0.25, -0.2) is 9.97 Å². The molecular weight excluding hydrogens is 326 g/mol. The Hall–Kier alpha value is -2.71. The van der Waals surface area contributed by atoms with E-state index in [9.17, 15) is 4.79 Å². The number of anilines is 3. The molecule has 2 heterocycles. The molecule has 2 aromatic heterocycles. The molecule has 0 aliphatic heterocycles. The van der Waals surface area contributed by atoms with E-state index >= 15 is 0 Å². The highest BCUT2D eigenvalue weighted by molar-refractivity contribution is 7.16. The van der Waals surface area contributed by atoms with Crippen LogP contribution in [-0.4, -0.2) is 41.2 Å². The predicted octanol–water partition coefficient (Wildman–Crippen LogP) is 2.20. The van der Waals surface area contributed by atoms with Crippen LogP contribution >= 0.6 is 11.3 Å². The molecule has 24 heavy (non-hydrogen) atoms. The van der Waals surface area contributed by atoms with Crippen LogP contribution in [0.15, 0.2) is 36.0 Å². The zero-order valence-corrected chi connectivity index (χ0v) is 13.9. The van der Waals surface area contributed by atoms with Crippen molar-refractivity contribution in [3.05, 3.63) is 41.5 Å². The number of hydrogen-bond acceptors (Lipinski definition) is 7. The molecule has 124 valence electrons. The predicted molar refractivity (Wildman–Crippen MR) is 96.1 cm³/mol. The van der Waals surface area contributed by atoms with Gasteiger partial charge in [0.1, 0.15) is 5.82 Å². The second-order valence-electron chi connectivity index (χ2n) is 5.00. The Morgan fingerprint density at radius 3 is 2.96 bits per heavy atom. The number of amides is 1. The number of thiazole rings is 1. The van der Waals surface area contributed by atoms with Crippen LogP contribution in [-0.2, 0) is 0 Å². The Bertz CT molecular complexity index is 865. The normalized spacial score (nSPS) is 10.6. The molecule has 0 fully saturated rings. The van der Waals surface area contributed by atoms with E-state index in [0.717, 1.165) is 15.9 Å². The number of fused-ring (bicyclic) bond motifs is 1. The number of aliphatic hydroxyl groups is 1. The lowest BCUT2D eigenvalue weighted by Crippen LogP contribution is -2.21. The summed E-state index contributed by atoms with van der Waals surface area (Å²) in [4.78, 5) is 20.4. The maximum absolute atomic E-state index is 11.9. The number of pyridine rings is 1. The van der Waals surface area contributed by atoms with Crippen LogP contribution in [0.1, 0.15) is 10.4 Å². The molecule has 0 atom stereocenters. The summed E-state index contributed by atoms with van der Waals surface area (Å²) in [6, 6.07) is 7.62. The summed E-state index contributed by atoms with van der Waals surface area (Å²) in [6.45, 7) is 0.320. The van der Waals surface area contributed by atoms with Gasteiger partial charge in [-0.15, -0.1) is 11.3 Å². The minimum absolute atomic E-state index is 0.0275. The Kier molecular flexibility index (Phi) is 4.88. The van der Waals surface area contributed by atoms with Gasteiger partial charge in [0.2, 0.25) is 0 Å². The fourth-order valence-electron chi connectivity index (χ4n) is 2.26. The van der Waals surface area contributed by atoms with Gasteiger partial charge in [-0.3, -0.25) is 4.79 Å². The molecule has 4 N–H and O–H groups in total. The number of aliphatic hydroxyl groups excluding tert-OH is 1. The molecule has 1 aromatic carbocycles. The fraction of sp³-hybridized carbons (Fsp3) is 0.188. The van der Waals surface area contributed by atoms with Crippen LogP contribution in [0.2, 0.25) is 0 Å². The van der Waals surface area contributed by atoms with Crippen LogP contribution in [0.4, 0.5) is 17.2 Å². The second kappa shape index (κ2) is 7.24. The number of nitrogens with one attached hydrogen (secondary N) is 3. The molecule has 0 radical (unpaired) electrons. The summed E-state index contributed by atoms with van der Waals surface area (Å²) in [5.74, 6) is 0.368. The lowest BCUT2D eigenvalue weighted by Gasteiger charge is -2.13. The van der Waals surface area contributed by atoms with E-state index in [-0.39, 0.29) is 12.5 Å². The summed E-state index contributed by atoms with van der Waals surface area (Å²) >= 11 is 1.57. The van der Waals surface area contributed by atoms with Crippen LogP contribution < -0.4 is 16.0 Å². The highest BCUT2D eigenvalue weighted by atomic mass is 32.1. The third kappa shape index (κ3) is 3.44. The van der Waals surface area contributed by atoms with E-state index in [2.05, 4.69) is 25.9 Å². The first-order valence-electron chi connectivity index (χ1n) is 7.38. The van der Waals surface area contributed by atoms with Gasteiger partial charge in [0.25, 0.3) is 5.91 Å². The third-order valence-electron chi connectivity index (χ3n) is 3.41. The zero-order chi connectivity index (χ0) is 16.9. The summed E-state index contributed by atoms with van der Waals surface area (Å²) in [5.41, 5.74) is 4.69. The number of carbonyl (C=O) groups excluding carboxylic acids is 1. The molecule has 0 bridgehead atoms. The lowest BCUT2D eigenvalue weighted by atomic mass is 10.2. The molecule has 0 saturated heterocycles. The van der Waals surface area contributed by atoms with Gasteiger partial charge in [0, 0.05) is 31.5 Å². The molecule has 3 aromatic rings. The van der Waals surface area contributed by atoms with Gasteiger partial charge in [0.05, 0.1) is 33.6 Å². The van der Waals surface area contributed by atoms with Gasteiger partial charge < -0.3 is 21.1 Å². The van der Waals surface area contributed by atoms with Crippen molar-refractivity contribution in [1.82, 2.24) is 15.3 Å². The van der Waals surface area contributed by atoms with Crippen molar-refractivity contribution < 1.29 is 9.90 Å². The SMILES string of the molecule is CNC(=O)c1cnc(Nc2ccc3ncsc3c2)cc1NCCO. The van der Waals surface area contributed by atoms with E-state index in [4.69, 9.17) is 5.11 Å². The maximum atomic E-state index is 11.9. The summed E-state index contributed by atoms with van der Waals surface area (Å²) < 4.78 is 1.08. The van der Waals surface area contributed by atoms with Gasteiger partial charge in [-0.05, 0) is 18.2 Å². The largest absolute Gasteiger partial charge is 0.395 e. The second-order valence-corrected chi connectivity index (χ2v) is 5.89. The molecule has 3 rings (SSSR count). The third-order valence-corrected chi connectivity index (χ3v) is 4.20. The molecular formula is C16H17N5O2S. The standard InChI is InChI=1S/C16H17N5O2S/c1-17-16(23)11-8-19-15(7-13(11)18-4-5-22)21-10-2-3-12-14(6-10)24-9-20-12/h2-3,6-9,22H,4-5H2,1H3,(H,17,23)(H2,18,19,21). The first-order chi connectivity index (χ1) is 11.7. The van der Waals surface area contributed by atoms with E-state index in [1.807, 2.05) is 23.7 Å². The number of carbonyl (C=O) groups is 1. The minimum Gasteiger partial charge on any atom is -0.395 e. The van der Waals surface area contributed by atoms with E-state index in [1.165, 1.54) is 6.20 Å². The van der Waals surface area contributed by atoms with Gasteiger partial charge in [0.15, 0.2) is 0 Å². The highest BCUT2D eigenvalue weighted by Crippen LogP contribution is 2.25.